The SMILES string of the molecule is COC[C@@H](C)S(=O)(=O)NCc1cccc(N)c1. The van der Waals surface area contributed by atoms with Gasteiger partial charge in [0.2, 0.25) is 10.0 Å². The van der Waals surface area contributed by atoms with Gasteiger partial charge in [-0.3, -0.25) is 0 Å². The van der Waals surface area contributed by atoms with Gasteiger partial charge in [0.25, 0.3) is 0 Å². The first kappa shape index (κ1) is 14.0. The fourth-order valence-electron chi connectivity index (χ4n) is 1.35. The number of nitrogens with one attached hydrogen (secondary N) is 1. The molecule has 3 N–H and O–H groups in total. The van der Waals surface area contributed by atoms with Crippen LogP contribution < -0.4 is 10.5 Å². The topological polar surface area (TPSA) is 81.4 Å². The second-order valence-corrected chi connectivity index (χ2v) is 6.06. The summed E-state index contributed by atoms with van der Waals surface area (Å²) in [4.78, 5) is 0. The minimum Gasteiger partial charge on any atom is -0.399 e. The highest BCUT2D eigenvalue weighted by Gasteiger charge is 2.19. The summed E-state index contributed by atoms with van der Waals surface area (Å²) in [5, 5.41) is -0.575. The molecule has 1 rings (SSSR count). The number of nitrogens with two attached hydrogens (primary N) is 1. The van der Waals surface area contributed by atoms with E-state index < -0.39 is 15.3 Å². The molecule has 0 saturated heterocycles. The van der Waals surface area contributed by atoms with E-state index in [0.29, 0.717) is 5.69 Å². The molecule has 0 amide bonds. The van der Waals surface area contributed by atoms with Gasteiger partial charge in [0.1, 0.15) is 0 Å². The van der Waals surface area contributed by atoms with E-state index in [0.717, 1.165) is 5.56 Å². The van der Waals surface area contributed by atoms with Gasteiger partial charge in [-0.05, 0) is 24.6 Å². The van der Waals surface area contributed by atoms with Crippen LogP contribution in [0.2, 0.25) is 0 Å². The molecule has 0 spiro atoms. The molecule has 0 bridgehead atoms. The van der Waals surface area contributed by atoms with Crippen molar-refractivity contribution in [3.8, 4) is 0 Å². The first-order chi connectivity index (χ1) is 7.95. The number of sulfonamides is 1. The Morgan fingerprint density at radius 2 is 2.18 bits per heavy atom. The third-order valence-electron chi connectivity index (χ3n) is 2.36. The number of rotatable bonds is 6. The lowest BCUT2D eigenvalue weighted by Gasteiger charge is -2.13. The van der Waals surface area contributed by atoms with Gasteiger partial charge in [0.15, 0.2) is 0 Å². The highest BCUT2D eigenvalue weighted by molar-refractivity contribution is 7.90. The summed E-state index contributed by atoms with van der Waals surface area (Å²) >= 11 is 0. The minimum atomic E-state index is -3.35. The van der Waals surface area contributed by atoms with Crippen LogP contribution in [0, 0.1) is 0 Å². The fraction of sp³-hybridized carbons (Fsp3) is 0.455. The van der Waals surface area contributed by atoms with Gasteiger partial charge in [-0.2, -0.15) is 0 Å². The average molecular weight is 258 g/mol. The van der Waals surface area contributed by atoms with Crippen LogP contribution in [0.15, 0.2) is 24.3 Å². The number of anilines is 1. The van der Waals surface area contributed by atoms with Crippen molar-refractivity contribution in [2.24, 2.45) is 0 Å². The molecular weight excluding hydrogens is 240 g/mol. The van der Waals surface area contributed by atoms with E-state index in [1.54, 1.807) is 25.1 Å². The molecule has 0 aromatic heterocycles. The van der Waals surface area contributed by atoms with Crippen molar-refractivity contribution in [3.05, 3.63) is 29.8 Å². The quantitative estimate of drug-likeness (QED) is 0.737. The van der Waals surface area contributed by atoms with Gasteiger partial charge in [-0.15, -0.1) is 0 Å². The molecular formula is C11H18N2O3S. The first-order valence-electron chi connectivity index (χ1n) is 5.27. The molecule has 0 radical (unpaired) electrons. The van der Waals surface area contributed by atoms with E-state index in [1.165, 1.54) is 7.11 Å². The van der Waals surface area contributed by atoms with Crippen LogP contribution in [-0.2, 0) is 21.3 Å². The summed E-state index contributed by atoms with van der Waals surface area (Å²) in [7, 11) is -1.87. The third-order valence-corrected chi connectivity index (χ3v) is 4.10. The van der Waals surface area contributed by atoms with Crippen LogP contribution in [0.25, 0.3) is 0 Å². The predicted molar refractivity (Wildman–Crippen MR) is 68.0 cm³/mol. The standard InChI is InChI=1S/C11H18N2O3S/c1-9(8-16-2)17(14,15)13-7-10-4-3-5-11(12)6-10/h3-6,9,13H,7-8,12H2,1-2H3/t9-/m1/s1. The monoisotopic (exact) mass is 258 g/mol. The maximum atomic E-state index is 11.8. The number of hydrogen-bond donors (Lipinski definition) is 2. The molecule has 0 aliphatic rings. The molecule has 1 atom stereocenters. The Balaban J connectivity index is 2.61. The number of benzene rings is 1. The molecule has 96 valence electrons. The van der Waals surface area contributed by atoms with Crippen molar-refractivity contribution in [1.82, 2.24) is 4.72 Å². The van der Waals surface area contributed by atoms with Crippen molar-refractivity contribution >= 4 is 15.7 Å². The molecule has 0 fully saturated rings. The summed E-state index contributed by atoms with van der Waals surface area (Å²) in [5.41, 5.74) is 7.06. The smallest absolute Gasteiger partial charge is 0.216 e. The summed E-state index contributed by atoms with van der Waals surface area (Å²) in [6.45, 7) is 2.01. The van der Waals surface area contributed by atoms with Gasteiger partial charge >= 0.3 is 0 Å². The molecule has 6 heteroatoms. The summed E-state index contributed by atoms with van der Waals surface area (Å²) in [6.07, 6.45) is 0. The predicted octanol–water partition coefficient (Wildman–Crippen LogP) is 0.723. The number of ether oxygens (including phenoxy) is 1. The van der Waals surface area contributed by atoms with E-state index in [-0.39, 0.29) is 13.2 Å². The maximum Gasteiger partial charge on any atom is 0.216 e. The Bertz CT molecular complexity index is 460. The Labute approximate surface area is 102 Å². The third kappa shape index (κ3) is 4.33. The lowest BCUT2D eigenvalue weighted by Crippen LogP contribution is -2.34. The summed E-state index contributed by atoms with van der Waals surface area (Å²) in [6, 6.07) is 7.10. The Morgan fingerprint density at radius 1 is 1.47 bits per heavy atom. The van der Waals surface area contributed by atoms with Gasteiger partial charge in [0, 0.05) is 19.3 Å². The van der Waals surface area contributed by atoms with Crippen LogP contribution in [-0.4, -0.2) is 27.4 Å². The first-order valence-corrected chi connectivity index (χ1v) is 6.82. The highest BCUT2D eigenvalue weighted by Crippen LogP contribution is 2.07. The normalized spacial score (nSPS) is 13.5. The van der Waals surface area contributed by atoms with Crippen LogP contribution in [0.1, 0.15) is 12.5 Å². The van der Waals surface area contributed by atoms with Gasteiger partial charge in [-0.25, -0.2) is 13.1 Å². The van der Waals surface area contributed by atoms with Crippen LogP contribution in [0.5, 0.6) is 0 Å². The molecule has 17 heavy (non-hydrogen) atoms. The number of methoxy groups -OCH3 is 1. The Morgan fingerprint density at radius 3 is 2.76 bits per heavy atom. The second kappa shape index (κ2) is 6.00. The summed E-state index contributed by atoms with van der Waals surface area (Å²) < 4.78 is 30.9. The van der Waals surface area contributed by atoms with E-state index in [2.05, 4.69) is 4.72 Å². The van der Waals surface area contributed by atoms with E-state index in [9.17, 15) is 8.42 Å². The van der Waals surface area contributed by atoms with Crippen LogP contribution in [0.4, 0.5) is 5.69 Å². The van der Waals surface area contributed by atoms with E-state index in [4.69, 9.17) is 10.5 Å². The number of hydrogen-bond acceptors (Lipinski definition) is 4. The lowest BCUT2D eigenvalue weighted by atomic mass is 10.2. The zero-order chi connectivity index (χ0) is 12.9. The number of nitrogen functional groups attached to an aromatic ring is 1. The molecule has 0 unspecified atom stereocenters. The van der Waals surface area contributed by atoms with Gasteiger partial charge < -0.3 is 10.5 Å². The molecule has 0 saturated carbocycles. The minimum absolute atomic E-state index is 0.173. The van der Waals surface area contributed by atoms with Crippen molar-refractivity contribution in [1.29, 1.82) is 0 Å². The van der Waals surface area contributed by atoms with E-state index >= 15 is 0 Å². The largest absolute Gasteiger partial charge is 0.399 e. The van der Waals surface area contributed by atoms with Gasteiger partial charge in [-0.1, -0.05) is 12.1 Å². The zero-order valence-corrected chi connectivity index (χ0v) is 10.8. The van der Waals surface area contributed by atoms with Crippen molar-refractivity contribution in [2.45, 2.75) is 18.7 Å². The van der Waals surface area contributed by atoms with Crippen LogP contribution in [0.3, 0.4) is 0 Å². The van der Waals surface area contributed by atoms with Crippen molar-refractivity contribution in [3.63, 3.8) is 0 Å². The zero-order valence-electron chi connectivity index (χ0n) is 10.0. The molecule has 5 nitrogen and oxygen atoms in total. The molecule has 1 aromatic carbocycles. The highest BCUT2D eigenvalue weighted by atomic mass is 32.2. The van der Waals surface area contributed by atoms with Crippen molar-refractivity contribution < 1.29 is 13.2 Å². The molecule has 1 aromatic rings. The maximum absolute atomic E-state index is 11.8. The van der Waals surface area contributed by atoms with Crippen molar-refractivity contribution in [2.75, 3.05) is 19.5 Å². The fourth-order valence-corrected chi connectivity index (χ4v) is 2.32. The van der Waals surface area contributed by atoms with E-state index in [1.807, 2.05) is 6.07 Å². The lowest BCUT2D eigenvalue weighted by molar-refractivity contribution is 0.200. The molecule has 0 aliphatic carbocycles. The summed E-state index contributed by atoms with van der Waals surface area (Å²) in [5.74, 6) is 0. The molecule has 0 heterocycles. The second-order valence-electron chi connectivity index (χ2n) is 3.88. The average Bonchev–Trinajstić information content (AvgIpc) is 2.27. The Hall–Kier alpha value is -1.11. The van der Waals surface area contributed by atoms with Crippen LogP contribution >= 0.6 is 0 Å². The Kier molecular flexibility index (Phi) is 4.92. The molecule has 0 aliphatic heterocycles. The van der Waals surface area contributed by atoms with Gasteiger partial charge in [0.05, 0.1) is 11.9 Å².